The summed E-state index contributed by atoms with van der Waals surface area (Å²) < 4.78 is 1.44. The summed E-state index contributed by atoms with van der Waals surface area (Å²) in [4.78, 5) is 19.8. The van der Waals surface area contributed by atoms with Gasteiger partial charge in [-0.2, -0.15) is 0 Å². The van der Waals surface area contributed by atoms with Crippen molar-refractivity contribution >= 4 is 17.6 Å². The van der Waals surface area contributed by atoms with E-state index in [1.807, 2.05) is 19.9 Å². The van der Waals surface area contributed by atoms with E-state index in [-0.39, 0.29) is 5.69 Å². The van der Waals surface area contributed by atoms with Gasteiger partial charge in [0.05, 0.1) is 0 Å². The van der Waals surface area contributed by atoms with E-state index in [0.717, 1.165) is 17.4 Å². The number of nitrogens with one attached hydrogen (secondary N) is 2. The Hall–Kier alpha value is -1.83. The third-order valence-corrected chi connectivity index (χ3v) is 3.17. The van der Waals surface area contributed by atoms with Gasteiger partial charge in [-0.15, -0.1) is 5.10 Å². The van der Waals surface area contributed by atoms with Crippen LogP contribution in [0.4, 0.5) is 5.82 Å². The summed E-state index contributed by atoms with van der Waals surface area (Å²) in [5, 5.41) is 10.8. The van der Waals surface area contributed by atoms with Gasteiger partial charge >= 0.3 is 5.69 Å². The van der Waals surface area contributed by atoms with Gasteiger partial charge in [0.1, 0.15) is 16.7 Å². The van der Waals surface area contributed by atoms with E-state index in [9.17, 15) is 4.79 Å². The number of anilines is 1. The molecule has 0 aliphatic carbocycles. The standard InChI is InChI=1S/C10H14N6OS/c1-4-11-7-5-8(13-6(2)12-7)18-10-15-14-9(17)16(10)3/h5H,4H2,1-3H3,(H,14,17)(H,11,12,13). The zero-order chi connectivity index (χ0) is 13.1. The smallest absolute Gasteiger partial charge is 0.343 e. The van der Waals surface area contributed by atoms with E-state index in [0.29, 0.717) is 11.0 Å². The van der Waals surface area contributed by atoms with E-state index in [2.05, 4.69) is 25.5 Å². The van der Waals surface area contributed by atoms with Crippen molar-refractivity contribution in [2.75, 3.05) is 11.9 Å². The first kappa shape index (κ1) is 12.6. The highest BCUT2D eigenvalue weighted by Gasteiger charge is 2.09. The Morgan fingerprint density at radius 3 is 2.89 bits per heavy atom. The predicted octanol–water partition coefficient (Wildman–Crippen LogP) is 0.790. The van der Waals surface area contributed by atoms with Crippen LogP contribution < -0.4 is 11.0 Å². The average molecular weight is 266 g/mol. The Labute approximate surface area is 108 Å². The lowest BCUT2D eigenvalue weighted by Crippen LogP contribution is -2.12. The van der Waals surface area contributed by atoms with Crippen molar-refractivity contribution in [1.29, 1.82) is 0 Å². The second-order valence-electron chi connectivity index (χ2n) is 3.64. The van der Waals surface area contributed by atoms with Crippen LogP contribution in [0.25, 0.3) is 0 Å². The number of hydrogen-bond acceptors (Lipinski definition) is 6. The van der Waals surface area contributed by atoms with Crippen molar-refractivity contribution in [1.82, 2.24) is 24.7 Å². The molecule has 0 atom stereocenters. The fraction of sp³-hybridized carbons (Fsp3) is 0.400. The maximum absolute atomic E-state index is 11.3. The van der Waals surface area contributed by atoms with E-state index in [1.165, 1.54) is 16.3 Å². The normalized spacial score (nSPS) is 10.6. The van der Waals surface area contributed by atoms with Gasteiger partial charge in [-0.1, -0.05) is 0 Å². The molecule has 18 heavy (non-hydrogen) atoms. The van der Waals surface area contributed by atoms with Gasteiger partial charge in [-0.05, 0) is 25.6 Å². The summed E-state index contributed by atoms with van der Waals surface area (Å²) in [6.07, 6.45) is 0. The minimum Gasteiger partial charge on any atom is -0.370 e. The Balaban J connectivity index is 2.28. The molecular formula is C10H14N6OS. The molecule has 0 aromatic carbocycles. The van der Waals surface area contributed by atoms with Crippen LogP contribution in [0.5, 0.6) is 0 Å². The highest BCUT2D eigenvalue weighted by Crippen LogP contribution is 2.24. The van der Waals surface area contributed by atoms with Crippen LogP contribution in [-0.4, -0.2) is 31.3 Å². The van der Waals surface area contributed by atoms with Gasteiger partial charge < -0.3 is 5.32 Å². The molecule has 0 aliphatic rings. The van der Waals surface area contributed by atoms with Crippen molar-refractivity contribution in [2.24, 2.45) is 7.05 Å². The molecule has 0 unspecified atom stereocenters. The third-order valence-electron chi connectivity index (χ3n) is 2.21. The van der Waals surface area contributed by atoms with Crippen LogP contribution in [0.2, 0.25) is 0 Å². The summed E-state index contributed by atoms with van der Waals surface area (Å²) in [6.45, 7) is 4.62. The summed E-state index contributed by atoms with van der Waals surface area (Å²) in [5.41, 5.74) is -0.241. The first-order valence-electron chi connectivity index (χ1n) is 5.49. The van der Waals surface area contributed by atoms with E-state index >= 15 is 0 Å². The molecule has 8 heteroatoms. The molecule has 2 rings (SSSR count). The third kappa shape index (κ3) is 2.70. The zero-order valence-corrected chi connectivity index (χ0v) is 11.2. The first-order valence-corrected chi connectivity index (χ1v) is 6.30. The molecule has 0 fully saturated rings. The maximum atomic E-state index is 11.3. The van der Waals surface area contributed by atoms with Crippen LogP contribution in [0.15, 0.2) is 21.0 Å². The molecule has 2 N–H and O–H groups in total. The van der Waals surface area contributed by atoms with Crippen LogP contribution >= 0.6 is 11.8 Å². The van der Waals surface area contributed by atoms with Crippen molar-refractivity contribution in [3.63, 3.8) is 0 Å². The van der Waals surface area contributed by atoms with Crippen LogP contribution in [0.3, 0.4) is 0 Å². The largest absolute Gasteiger partial charge is 0.370 e. The monoisotopic (exact) mass is 266 g/mol. The quantitative estimate of drug-likeness (QED) is 0.795. The molecule has 0 bridgehead atoms. The highest BCUT2D eigenvalue weighted by atomic mass is 32.2. The van der Waals surface area contributed by atoms with Gasteiger partial charge in [0.2, 0.25) is 0 Å². The molecule has 0 saturated carbocycles. The summed E-state index contributed by atoms with van der Waals surface area (Å²) in [5.74, 6) is 1.45. The van der Waals surface area contributed by atoms with E-state index in [1.54, 1.807) is 7.05 Å². The number of hydrogen-bond donors (Lipinski definition) is 2. The molecule has 0 saturated heterocycles. The number of rotatable bonds is 4. The lowest BCUT2D eigenvalue weighted by Gasteiger charge is -2.05. The topological polar surface area (TPSA) is 88.5 Å². The number of nitrogens with zero attached hydrogens (tertiary/aromatic N) is 4. The average Bonchev–Trinajstić information content (AvgIpc) is 2.61. The molecule has 2 aromatic rings. The SMILES string of the molecule is CCNc1cc(Sc2n[nH]c(=O)n2C)nc(C)n1. The summed E-state index contributed by atoms with van der Waals surface area (Å²) >= 11 is 1.32. The molecule has 0 amide bonds. The molecule has 96 valence electrons. The van der Waals surface area contributed by atoms with Gasteiger partial charge in [0.15, 0.2) is 5.16 Å². The van der Waals surface area contributed by atoms with Gasteiger partial charge in [-0.25, -0.2) is 19.9 Å². The Bertz CT molecular complexity index is 605. The van der Waals surface area contributed by atoms with Gasteiger partial charge in [-0.3, -0.25) is 4.57 Å². The van der Waals surface area contributed by atoms with Crippen LogP contribution in [0.1, 0.15) is 12.7 Å². The van der Waals surface area contributed by atoms with E-state index in [4.69, 9.17) is 0 Å². The maximum Gasteiger partial charge on any atom is 0.343 e. The van der Waals surface area contributed by atoms with Crippen molar-refractivity contribution in [2.45, 2.75) is 24.0 Å². The zero-order valence-electron chi connectivity index (χ0n) is 10.4. The molecule has 2 aromatic heterocycles. The fourth-order valence-corrected chi connectivity index (χ4v) is 2.23. The van der Waals surface area contributed by atoms with Crippen molar-refractivity contribution in [3.8, 4) is 0 Å². The summed E-state index contributed by atoms with van der Waals surface area (Å²) in [7, 11) is 1.66. The Morgan fingerprint density at radius 1 is 1.50 bits per heavy atom. The predicted molar refractivity (Wildman–Crippen MR) is 68.9 cm³/mol. The second-order valence-corrected chi connectivity index (χ2v) is 4.63. The van der Waals surface area contributed by atoms with E-state index < -0.39 is 0 Å². The molecule has 0 spiro atoms. The lowest BCUT2D eigenvalue weighted by molar-refractivity contribution is 0.764. The Morgan fingerprint density at radius 2 is 2.28 bits per heavy atom. The van der Waals surface area contributed by atoms with Crippen LogP contribution in [0, 0.1) is 6.92 Å². The molecule has 0 aliphatic heterocycles. The number of aromatic amines is 1. The van der Waals surface area contributed by atoms with Gasteiger partial charge in [0.25, 0.3) is 0 Å². The van der Waals surface area contributed by atoms with Crippen molar-refractivity contribution in [3.05, 3.63) is 22.4 Å². The Kier molecular flexibility index (Phi) is 3.66. The second kappa shape index (κ2) is 5.21. The lowest BCUT2D eigenvalue weighted by atomic mass is 10.5. The first-order chi connectivity index (χ1) is 8.60. The summed E-state index contributed by atoms with van der Waals surface area (Å²) in [6, 6.07) is 1.83. The molecule has 0 radical (unpaired) electrons. The fourth-order valence-electron chi connectivity index (χ4n) is 1.38. The number of aromatic nitrogens is 5. The number of aryl methyl sites for hydroxylation is 1. The van der Waals surface area contributed by atoms with Crippen LogP contribution in [-0.2, 0) is 7.05 Å². The number of H-pyrrole nitrogens is 1. The highest BCUT2D eigenvalue weighted by molar-refractivity contribution is 7.99. The minimum absolute atomic E-state index is 0.241. The molecule has 2 heterocycles. The molecule has 7 nitrogen and oxygen atoms in total. The van der Waals surface area contributed by atoms with Crippen molar-refractivity contribution < 1.29 is 0 Å². The molecular weight excluding hydrogens is 252 g/mol. The van der Waals surface area contributed by atoms with Gasteiger partial charge in [0, 0.05) is 19.7 Å². The minimum atomic E-state index is -0.241.